The molecule has 1 unspecified atom stereocenters. The predicted octanol–water partition coefficient (Wildman–Crippen LogP) is 2.75. The Balaban J connectivity index is 2.78. The van der Waals surface area contributed by atoms with Gasteiger partial charge in [0, 0.05) is 12.6 Å². The van der Waals surface area contributed by atoms with E-state index in [1.165, 1.54) is 0 Å². The minimum absolute atomic E-state index is 0.00548. The van der Waals surface area contributed by atoms with Crippen LogP contribution in [0.4, 0.5) is 0 Å². The molecular formula is C14H21ClN2O. The van der Waals surface area contributed by atoms with Gasteiger partial charge in [-0.05, 0) is 30.9 Å². The Morgan fingerprint density at radius 3 is 2.67 bits per heavy atom. The van der Waals surface area contributed by atoms with Crippen molar-refractivity contribution in [1.82, 2.24) is 5.32 Å². The van der Waals surface area contributed by atoms with Crippen LogP contribution in [0.15, 0.2) is 18.2 Å². The van der Waals surface area contributed by atoms with Gasteiger partial charge in [0.2, 0.25) is 0 Å². The van der Waals surface area contributed by atoms with E-state index in [0.29, 0.717) is 23.0 Å². The molecule has 0 aromatic heterocycles. The topological polar surface area (TPSA) is 55.1 Å². The first kappa shape index (κ1) is 15.0. The third-order valence-electron chi connectivity index (χ3n) is 2.81. The van der Waals surface area contributed by atoms with Crippen molar-refractivity contribution < 1.29 is 4.79 Å². The summed E-state index contributed by atoms with van der Waals surface area (Å²) in [5.41, 5.74) is 7.08. The minimum atomic E-state index is -0.153. The predicted molar refractivity (Wildman–Crippen MR) is 76.0 cm³/mol. The third kappa shape index (κ3) is 4.00. The fourth-order valence-corrected chi connectivity index (χ4v) is 2.08. The first-order valence-corrected chi connectivity index (χ1v) is 6.59. The number of nitrogens with one attached hydrogen (secondary N) is 1. The number of nitrogens with two attached hydrogens (primary N) is 1. The standard InChI is InChI=1S/C14H21ClN2O/c1-9(2)7-11(8-16)17-14(18)12-6-4-5-10(3)13(12)15/h4-6,9,11H,7-8,16H2,1-3H3,(H,17,18). The van der Waals surface area contributed by atoms with Crippen molar-refractivity contribution in [3.8, 4) is 0 Å². The third-order valence-corrected chi connectivity index (χ3v) is 3.31. The molecule has 0 aliphatic heterocycles. The lowest BCUT2D eigenvalue weighted by Crippen LogP contribution is -2.41. The first-order valence-electron chi connectivity index (χ1n) is 6.21. The Bertz CT molecular complexity index is 418. The van der Waals surface area contributed by atoms with Gasteiger partial charge in [-0.2, -0.15) is 0 Å². The van der Waals surface area contributed by atoms with Crippen molar-refractivity contribution in [1.29, 1.82) is 0 Å². The highest BCUT2D eigenvalue weighted by Gasteiger charge is 2.16. The van der Waals surface area contributed by atoms with Crippen molar-refractivity contribution >= 4 is 17.5 Å². The maximum absolute atomic E-state index is 12.1. The van der Waals surface area contributed by atoms with Gasteiger partial charge in [0.1, 0.15) is 0 Å². The van der Waals surface area contributed by atoms with Crippen LogP contribution in [0.3, 0.4) is 0 Å². The van der Waals surface area contributed by atoms with Crippen molar-refractivity contribution in [2.75, 3.05) is 6.54 Å². The molecule has 1 aromatic rings. The van der Waals surface area contributed by atoms with Gasteiger partial charge in [-0.3, -0.25) is 4.79 Å². The van der Waals surface area contributed by atoms with Crippen LogP contribution in [-0.2, 0) is 0 Å². The Labute approximate surface area is 114 Å². The summed E-state index contributed by atoms with van der Waals surface area (Å²) in [5, 5.41) is 3.44. The number of aryl methyl sites for hydroxylation is 1. The van der Waals surface area contributed by atoms with E-state index >= 15 is 0 Å². The second-order valence-corrected chi connectivity index (χ2v) is 5.35. The summed E-state index contributed by atoms with van der Waals surface area (Å²) < 4.78 is 0. The molecule has 4 heteroatoms. The number of hydrogen-bond donors (Lipinski definition) is 2. The SMILES string of the molecule is Cc1cccc(C(=O)NC(CN)CC(C)C)c1Cl. The van der Waals surface area contributed by atoms with Gasteiger partial charge in [0.05, 0.1) is 10.6 Å². The Hall–Kier alpha value is -1.06. The lowest BCUT2D eigenvalue weighted by molar-refractivity contribution is 0.0934. The number of hydrogen-bond acceptors (Lipinski definition) is 2. The lowest BCUT2D eigenvalue weighted by Gasteiger charge is -2.19. The van der Waals surface area contributed by atoms with E-state index in [1.54, 1.807) is 6.07 Å². The molecule has 1 amide bonds. The van der Waals surface area contributed by atoms with Gasteiger partial charge in [-0.25, -0.2) is 0 Å². The van der Waals surface area contributed by atoms with Gasteiger partial charge >= 0.3 is 0 Å². The molecule has 1 aromatic carbocycles. The number of rotatable bonds is 5. The summed E-state index contributed by atoms with van der Waals surface area (Å²) in [6.45, 7) is 6.53. The molecule has 0 aliphatic rings. The largest absolute Gasteiger partial charge is 0.348 e. The Morgan fingerprint density at radius 2 is 2.11 bits per heavy atom. The molecule has 18 heavy (non-hydrogen) atoms. The maximum atomic E-state index is 12.1. The zero-order valence-corrected chi connectivity index (χ0v) is 11.9. The zero-order chi connectivity index (χ0) is 13.7. The number of benzene rings is 1. The molecule has 0 saturated carbocycles. The van der Waals surface area contributed by atoms with E-state index in [2.05, 4.69) is 19.2 Å². The summed E-state index contributed by atoms with van der Waals surface area (Å²) in [5.74, 6) is 0.339. The fourth-order valence-electron chi connectivity index (χ4n) is 1.87. The van der Waals surface area contributed by atoms with Gasteiger partial charge in [-0.15, -0.1) is 0 Å². The molecule has 3 N–H and O–H groups in total. The maximum Gasteiger partial charge on any atom is 0.253 e. The van der Waals surface area contributed by atoms with Crippen LogP contribution in [0, 0.1) is 12.8 Å². The molecule has 100 valence electrons. The highest BCUT2D eigenvalue weighted by molar-refractivity contribution is 6.34. The highest BCUT2D eigenvalue weighted by atomic mass is 35.5. The van der Waals surface area contributed by atoms with Gasteiger partial charge in [0.15, 0.2) is 0 Å². The van der Waals surface area contributed by atoms with Gasteiger partial charge in [-0.1, -0.05) is 37.6 Å². The van der Waals surface area contributed by atoms with Crippen LogP contribution in [0.5, 0.6) is 0 Å². The minimum Gasteiger partial charge on any atom is -0.348 e. The van der Waals surface area contributed by atoms with Gasteiger partial charge < -0.3 is 11.1 Å². The van der Waals surface area contributed by atoms with Crippen LogP contribution in [0.2, 0.25) is 5.02 Å². The molecular weight excluding hydrogens is 248 g/mol. The van der Waals surface area contributed by atoms with Crippen LogP contribution in [0.25, 0.3) is 0 Å². The molecule has 0 saturated heterocycles. The van der Waals surface area contributed by atoms with E-state index in [0.717, 1.165) is 12.0 Å². The average Bonchev–Trinajstić information content (AvgIpc) is 2.31. The monoisotopic (exact) mass is 268 g/mol. The highest BCUT2D eigenvalue weighted by Crippen LogP contribution is 2.20. The zero-order valence-electron chi connectivity index (χ0n) is 11.2. The molecule has 0 bridgehead atoms. The van der Waals surface area contributed by atoms with Crippen molar-refractivity contribution in [2.45, 2.75) is 33.2 Å². The van der Waals surface area contributed by atoms with Crippen molar-refractivity contribution in [3.05, 3.63) is 34.3 Å². The van der Waals surface area contributed by atoms with Crippen molar-refractivity contribution in [3.63, 3.8) is 0 Å². The van der Waals surface area contributed by atoms with Crippen molar-refractivity contribution in [2.24, 2.45) is 11.7 Å². The van der Waals surface area contributed by atoms with E-state index < -0.39 is 0 Å². The quantitative estimate of drug-likeness (QED) is 0.863. The number of halogens is 1. The fraction of sp³-hybridized carbons (Fsp3) is 0.500. The molecule has 0 aliphatic carbocycles. The molecule has 3 nitrogen and oxygen atoms in total. The van der Waals surface area contributed by atoms with Gasteiger partial charge in [0.25, 0.3) is 5.91 Å². The summed E-state index contributed by atoms with van der Waals surface area (Å²) >= 11 is 6.13. The van der Waals surface area contributed by atoms with Crippen LogP contribution in [-0.4, -0.2) is 18.5 Å². The molecule has 1 atom stereocenters. The van der Waals surface area contributed by atoms with Crippen LogP contribution < -0.4 is 11.1 Å². The van der Waals surface area contributed by atoms with E-state index in [4.69, 9.17) is 17.3 Å². The second kappa shape index (κ2) is 6.76. The number of carbonyl (C=O) groups is 1. The summed E-state index contributed by atoms with van der Waals surface area (Å²) in [4.78, 5) is 12.1. The smallest absolute Gasteiger partial charge is 0.253 e. The molecule has 0 heterocycles. The number of amides is 1. The van der Waals surface area contributed by atoms with E-state index in [1.807, 2.05) is 19.1 Å². The summed E-state index contributed by atoms with van der Waals surface area (Å²) in [6, 6.07) is 5.44. The Morgan fingerprint density at radius 1 is 1.44 bits per heavy atom. The second-order valence-electron chi connectivity index (χ2n) is 4.97. The summed E-state index contributed by atoms with van der Waals surface area (Å²) in [7, 11) is 0. The van der Waals surface area contributed by atoms with E-state index in [9.17, 15) is 4.79 Å². The molecule has 1 rings (SSSR count). The average molecular weight is 269 g/mol. The first-order chi connectivity index (χ1) is 8.45. The number of carbonyl (C=O) groups excluding carboxylic acids is 1. The molecule has 0 radical (unpaired) electrons. The molecule has 0 spiro atoms. The van der Waals surface area contributed by atoms with E-state index in [-0.39, 0.29) is 11.9 Å². The lowest BCUT2D eigenvalue weighted by atomic mass is 10.0. The van der Waals surface area contributed by atoms with Crippen LogP contribution in [0.1, 0.15) is 36.2 Å². The summed E-state index contributed by atoms with van der Waals surface area (Å²) in [6.07, 6.45) is 0.867. The Kier molecular flexibility index (Phi) is 5.63. The normalized spacial score (nSPS) is 12.6. The molecule has 0 fully saturated rings. The van der Waals surface area contributed by atoms with Crippen LogP contribution >= 0.6 is 11.6 Å².